The molecule has 0 atom stereocenters. The molecule has 2 rings (SSSR count). The predicted molar refractivity (Wildman–Crippen MR) is 65.1 cm³/mol. The number of rotatable bonds is 4. The third-order valence-corrected chi connectivity index (χ3v) is 3.10. The lowest BCUT2D eigenvalue weighted by atomic mass is 10.1. The molecule has 0 amide bonds. The summed E-state index contributed by atoms with van der Waals surface area (Å²) in [5, 5.41) is 0. The highest BCUT2D eigenvalue weighted by atomic mass is 16.5. The van der Waals surface area contributed by atoms with Crippen molar-refractivity contribution >= 4 is 17.7 Å². The van der Waals surface area contributed by atoms with Crippen molar-refractivity contribution in [2.75, 3.05) is 13.7 Å². The highest BCUT2D eigenvalue weighted by Crippen LogP contribution is 2.25. The highest BCUT2D eigenvalue weighted by Gasteiger charge is 2.30. The van der Waals surface area contributed by atoms with Gasteiger partial charge in [-0.3, -0.25) is 4.79 Å². The van der Waals surface area contributed by atoms with Crippen LogP contribution in [0.1, 0.15) is 39.9 Å². The summed E-state index contributed by atoms with van der Waals surface area (Å²) in [7, 11) is 1.29. The van der Waals surface area contributed by atoms with E-state index in [4.69, 9.17) is 4.74 Å². The summed E-state index contributed by atoms with van der Waals surface area (Å²) in [4.78, 5) is 35.1. The second kappa shape index (κ2) is 5.26. The van der Waals surface area contributed by atoms with Gasteiger partial charge in [0.05, 0.1) is 25.0 Å². The first-order chi connectivity index (χ1) is 9.10. The number of nitrogens with zero attached hydrogens (tertiary/aromatic N) is 1. The molecule has 19 heavy (non-hydrogen) atoms. The Kier molecular flexibility index (Phi) is 3.69. The molecule has 6 nitrogen and oxygen atoms in total. The maximum Gasteiger partial charge on any atom is 0.381 e. The molecule has 0 saturated heterocycles. The monoisotopic (exact) mass is 265 g/mol. The molecule has 0 aromatic carbocycles. The Morgan fingerprint density at radius 2 is 2.11 bits per heavy atom. The number of aromatic nitrogens is 1. The summed E-state index contributed by atoms with van der Waals surface area (Å²) in [5.41, 5.74) is 1.30. The second-order valence-electron chi connectivity index (χ2n) is 4.19. The van der Waals surface area contributed by atoms with E-state index < -0.39 is 17.7 Å². The van der Waals surface area contributed by atoms with E-state index in [0.29, 0.717) is 18.5 Å². The number of hydrogen-bond acceptors (Lipinski definition) is 5. The summed E-state index contributed by atoms with van der Waals surface area (Å²) in [6.07, 6.45) is 1.53. The molecule has 0 fully saturated rings. The lowest BCUT2D eigenvalue weighted by Crippen LogP contribution is -2.20. The first-order valence-corrected chi connectivity index (χ1v) is 6.12. The van der Waals surface area contributed by atoms with Crippen LogP contribution in [0, 0.1) is 0 Å². The van der Waals surface area contributed by atoms with E-state index in [2.05, 4.69) is 4.74 Å². The van der Waals surface area contributed by atoms with Gasteiger partial charge >= 0.3 is 11.9 Å². The molecule has 6 heteroatoms. The van der Waals surface area contributed by atoms with Gasteiger partial charge in [-0.1, -0.05) is 0 Å². The van der Waals surface area contributed by atoms with Crippen LogP contribution < -0.4 is 0 Å². The predicted octanol–water partition coefficient (Wildman–Crippen LogP) is 0.967. The SMILES string of the molecule is CCOC(=O)C(=O)c1cc(C(=O)OC)c2n1CCC2. The molecule has 0 radical (unpaired) electrons. The van der Waals surface area contributed by atoms with Crippen molar-refractivity contribution < 1.29 is 23.9 Å². The fourth-order valence-electron chi connectivity index (χ4n) is 2.29. The Balaban J connectivity index is 2.40. The zero-order chi connectivity index (χ0) is 14.0. The van der Waals surface area contributed by atoms with Crippen LogP contribution in [-0.2, 0) is 27.2 Å². The third-order valence-electron chi connectivity index (χ3n) is 3.10. The Bertz CT molecular complexity index is 543. The van der Waals surface area contributed by atoms with Crippen LogP contribution >= 0.6 is 0 Å². The average Bonchev–Trinajstić information content (AvgIpc) is 2.98. The van der Waals surface area contributed by atoms with Crippen LogP contribution in [0.15, 0.2) is 6.07 Å². The van der Waals surface area contributed by atoms with E-state index in [-0.39, 0.29) is 12.3 Å². The minimum atomic E-state index is -0.897. The van der Waals surface area contributed by atoms with Crippen LogP contribution in [0.4, 0.5) is 0 Å². The maximum atomic E-state index is 12.0. The molecule has 0 saturated carbocycles. The Morgan fingerprint density at radius 3 is 2.74 bits per heavy atom. The van der Waals surface area contributed by atoms with Gasteiger partial charge in [0.2, 0.25) is 0 Å². The molecule has 1 aliphatic heterocycles. The molecule has 0 spiro atoms. The molecule has 0 N–H and O–H groups in total. The van der Waals surface area contributed by atoms with Gasteiger partial charge in [0.15, 0.2) is 0 Å². The molecular formula is C13H15NO5. The molecule has 102 valence electrons. The summed E-state index contributed by atoms with van der Waals surface area (Å²) in [6, 6.07) is 1.42. The van der Waals surface area contributed by atoms with Crippen LogP contribution in [0.25, 0.3) is 0 Å². The van der Waals surface area contributed by atoms with Crippen LogP contribution in [-0.4, -0.2) is 36.0 Å². The third kappa shape index (κ3) is 2.25. The lowest BCUT2D eigenvalue weighted by Gasteiger charge is -2.04. The normalized spacial score (nSPS) is 12.9. The number of hydrogen-bond donors (Lipinski definition) is 0. The van der Waals surface area contributed by atoms with Crippen LogP contribution in [0.5, 0.6) is 0 Å². The van der Waals surface area contributed by atoms with Gasteiger partial charge in [-0.25, -0.2) is 9.59 Å². The number of methoxy groups -OCH3 is 1. The van der Waals surface area contributed by atoms with Gasteiger partial charge in [-0.05, 0) is 25.8 Å². The van der Waals surface area contributed by atoms with Crippen LogP contribution in [0.2, 0.25) is 0 Å². The highest BCUT2D eigenvalue weighted by molar-refractivity contribution is 6.40. The van der Waals surface area contributed by atoms with E-state index in [9.17, 15) is 14.4 Å². The topological polar surface area (TPSA) is 74.6 Å². The molecule has 2 heterocycles. The van der Waals surface area contributed by atoms with Crippen LogP contribution in [0.3, 0.4) is 0 Å². The van der Waals surface area contributed by atoms with E-state index in [1.165, 1.54) is 13.2 Å². The fourth-order valence-corrected chi connectivity index (χ4v) is 2.29. The number of fused-ring (bicyclic) bond motifs is 1. The number of ether oxygens (including phenoxy) is 2. The number of Topliss-reactive ketones (excluding diaryl/α,β-unsaturated/α-hetero) is 1. The van der Waals surface area contributed by atoms with E-state index in [1.54, 1.807) is 11.5 Å². The van der Waals surface area contributed by atoms with Crippen molar-refractivity contribution in [2.24, 2.45) is 0 Å². The first-order valence-electron chi connectivity index (χ1n) is 6.12. The average molecular weight is 265 g/mol. The molecule has 1 aromatic rings. The fraction of sp³-hybridized carbons (Fsp3) is 0.462. The standard InChI is InChI=1S/C13H15NO5/c1-3-19-13(17)11(15)10-7-8(12(16)18-2)9-5-4-6-14(9)10/h7H,3-6H2,1-2H3. The summed E-state index contributed by atoms with van der Waals surface area (Å²) < 4.78 is 11.1. The van der Waals surface area contributed by atoms with Crippen molar-refractivity contribution in [2.45, 2.75) is 26.3 Å². The van der Waals surface area contributed by atoms with Gasteiger partial charge in [0.25, 0.3) is 5.78 Å². The summed E-state index contributed by atoms with van der Waals surface area (Å²) in [5.74, 6) is -2.11. The molecule has 1 aromatic heterocycles. The van der Waals surface area contributed by atoms with Crippen molar-refractivity contribution in [1.29, 1.82) is 0 Å². The van der Waals surface area contributed by atoms with Gasteiger partial charge in [0.1, 0.15) is 0 Å². The first kappa shape index (κ1) is 13.3. The number of carbonyl (C=O) groups excluding carboxylic acids is 3. The zero-order valence-electron chi connectivity index (χ0n) is 10.9. The molecule has 0 bridgehead atoms. The molecule has 0 unspecified atom stereocenters. The van der Waals surface area contributed by atoms with Gasteiger partial charge < -0.3 is 14.0 Å². The quantitative estimate of drug-likeness (QED) is 0.460. The number of carbonyl (C=O) groups is 3. The molecule has 1 aliphatic rings. The minimum absolute atomic E-state index is 0.141. The zero-order valence-corrected chi connectivity index (χ0v) is 10.9. The van der Waals surface area contributed by atoms with Gasteiger partial charge in [-0.15, -0.1) is 0 Å². The van der Waals surface area contributed by atoms with Crippen molar-refractivity contribution in [3.8, 4) is 0 Å². The second-order valence-corrected chi connectivity index (χ2v) is 4.19. The van der Waals surface area contributed by atoms with E-state index in [0.717, 1.165) is 12.1 Å². The maximum absolute atomic E-state index is 12.0. The van der Waals surface area contributed by atoms with Gasteiger partial charge in [0, 0.05) is 12.2 Å². The summed E-state index contributed by atoms with van der Waals surface area (Å²) in [6.45, 7) is 2.39. The minimum Gasteiger partial charge on any atom is -0.465 e. The summed E-state index contributed by atoms with van der Waals surface area (Å²) >= 11 is 0. The number of ketones is 1. The van der Waals surface area contributed by atoms with Gasteiger partial charge in [-0.2, -0.15) is 0 Å². The lowest BCUT2D eigenvalue weighted by molar-refractivity contribution is -0.137. The van der Waals surface area contributed by atoms with Crippen molar-refractivity contribution in [3.05, 3.63) is 23.0 Å². The Morgan fingerprint density at radius 1 is 1.37 bits per heavy atom. The number of esters is 2. The van der Waals surface area contributed by atoms with E-state index >= 15 is 0 Å². The van der Waals surface area contributed by atoms with Crippen molar-refractivity contribution in [1.82, 2.24) is 4.57 Å². The smallest absolute Gasteiger partial charge is 0.381 e. The Hall–Kier alpha value is -2.11. The Labute approximate surface area is 110 Å². The molecule has 0 aliphatic carbocycles. The van der Waals surface area contributed by atoms with E-state index in [1.807, 2.05) is 0 Å². The molecular weight excluding hydrogens is 250 g/mol. The largest absolute Gasteiger partial charge is 0.465 e. The van der Waals surface area contributed by atoms with Crippen molar-refractivity contribution in [3.63, 3.8) is 0 Å².